The number of halogens is 1. The van der Waals surface area contributed by atoms with Gasteiger partial charge in [-0.1, -0.05) is 46.5 Å². The van der Waals surface area contributed by atoms with Crippen LogP contribution in [-0.2, 0) is 0 Å². The molecular weight excluding hydrogens is 199 g/mol. The predicted octanol–water partition coefficient (Wildman–Crippen LogP) is 5.37. The Morgan fingerprint density at radius 2 is 1.38 bits per heavy atom. The standard InChI is InChI=1S/C13H23F.C2H6/c1-10-6-8-11(9-7-10)12-4-2-3-5-13(12)14;1-2/h10-13H,2-9H2,1H3;1-2H3. The summed E-state index contributed by atoms with van der Waals surface area (Å²) >= 11 is 0. The maximum Gasteiger partial charge on any atom is 0.103 e. The fourth-order valence-corrected chi connectivity index (χ4v) is 3.36. The van der Waals surface area contributed by atoms with Crippen LogP contribution in [0.25, 0.3) is 0 Å². The molecule has 0 aromatic heterocycles. The van der Waals surface area contributed by atoms with Gasteiger partial charge in [0.2, 0.25) is 0 Å². The molecule has 2 unspecified atom stereocenters. The lowest BCUT2D eigenvalue weighted by molar-refractivity contribution is 0.0838. The van der Waals surface area contributed by atoms with E-state index in [9.17, 15) is 4.39 Å². The molecule has 0 spiro atoms. The Bertz CT molecular complexity index is 170. The number of hydrogen-bond donors (Lipinski definition) is 0. The Morgan fingerprint density at radius 3 is 1.94 bits per heavy atom. The molecule has 96 valence electrons. The normalized spacial score (nSPS) is 39.8. The SMILES string of the molecule is CC.CC1CCC(C2CCCCC2F)CC1. The second-order valence-corrected chi connectivity index (χ2v) is 5.48. The Labute approximate surface area is 101 Å². The molecule has 0 N–H and O–H groups in total. The molecule has 0 aromatic carbocycles. The van der Waals surface area contributed by atoms with Crippen LogP contribution in [0.3, 0.4) is 0 Å². The molecule has 2 rings (SSSR count). The number of hydrogen-bond acceptors (Lipinski definition) is 0. The minimum atomic E-state index is -0.470. The minimum Gasteiger partial charge on any atom is -0.247 e. The van der Waals surface area contributed by atoms with Gasteiger partial charge in [0, 0.05) is 0 Å². The number of rotatable bonds is 1. The van der Waals surface area contributed by atoms with E-state index in [1.54, 1.807) is 0 Å². The van der Waals surface area contributed by atoms with Crippen molar-refractivity contribution < 1.29 is 4.39 Å². The summed E-state index contributed by atoms with van der Waals surface area (Å²) in [5.41, 5.74) is 0. The summed E-state index contributed by atoms with van der Waals surface area (Å²) in [5.74, 6) is 2.05. The summed E-state index contributed by atoms with van der Waals surface area (Å²) in [6.45, 7) is 6.34. The molecule has 2 saturated carbocycles. The zero-order valence-corrected chi connectivity index (χ0v) is 11.3. The lowest BCUT2D eigenvalue weighted by atomic mass is 9.70. The highest BCUT2D eigenvalue weighted by Crippen LogP contribution is 2.40. The molecule has 2 fully saturated rings. The molecule has 0 radical (unpaired) electrons. The molecule has 0 bridgehead atoms. The highest BCUT2D eigenvalue weighted by Gasteiger charge is 2.33. The highest BCUT2D eigenvalue weighted by atomic mass is 19.1. The van der Waals surface area contributed by atoms with Crippen molar-refractivity contribution in [1.82, 2.24) is 0 Å². The fraction of sp³-hybridized carbons (Fsp3) is 1.00. The van der Waals surface area contributed by atoms with Crippen molar-refractivity contribution in [3.63, 3.8) is 0 Å². The summed E-state index contributed by atoms with van der Waals surface area (Å²) in [4.78, 5) is 0. The maximum atomic E-state index is 13.7. The van der Waals surface area contributed by atoms with Gasteiger partial charge in [-0.2, -0.15) is 0 Å². The first-order valence-corrected chi connectivity index (χ1v) is 7.41. The van der Waals surface area contributed by atoms with E-state index in [0.29, 0.717) is 5.92 Å². The molecule has 0 heterocycles. The molecule has 2 aliphatic carbocycles. The topological polar surface area (TPSA) is 0 Å². The predicted molar refractivity (Wildman–Crippen MR) is 69.3 cm³/mol. The average molecular weight is 228 g/mol. The van der Waals surface area contributed by atoms with Crippen molar-refractivity contribution in [2.75, 3.05) is 0 Å². The van der Waals surface area contributed by atoms with Crippen LogP contribution in [0.1, 0.15) is 72.1 Å². The summed E-state index contributed by atoms with van der Waals surface area (Å²) < 4.78 is 13.7. The smallest absolute Gasteiger partial charge is 0.103 e. The van der Waals surface area contributed by atoms with Crippen molar-refractivity contribution in [1.29, 1.82) is 0 Å². The van der Waals surface area contributed by atoms with E-state index in [0.717, 1.165) is 24.7 Å². The van der Waals surface area contributed by atoms with Crippen molar-refractivity contribution in [2.24, 2.45) is 17.8 Å². The third-order valence-corrected chi connectivity index (χ3v) is 4.40. The third-order valence-electron chi connectivity index (χ3n) is 4.40. The van der Waals surface area contributed by atoms with Crippen LogP contribution in [0.4, 0.5) is 4.39 Å². The fourth-order valence-electron chi connectivity index (χ4n) is 3.36. The van der Waals surface area contributed by atoms with Gasteiger partial charge in [-0.05, 0) is 43.4 Å². The molecule has 2 atom stereocenters. The van der Waals surface area contributed by atoms with Crippen LogP contribution in [0.5, 0.6) is 0 Å². The lowest BCUT2D eigenvalue weighted by Gasteiger charge is -2.36. The first-order valence-electron chi connectivity index (χ1n) is 7.41. The van der Waals surface area contributed by atoms with Crippen molar-refractivity contribution in [2.45, 2.75) is 78.3 Å². The zero-order chi connectivity index (χ0) is 12.0. The molecule has 16 heavy (non-hydrogen) atoms. The second-order valence-electron chi connectivity index (χ2n) is 5.48. The molecule has 1 heteroatoms. The largest absolute Gasteiger partial charge is 0.247 e. The zero-order valence-electron chi connectivity index (χ0n) is 11.3. The van der Waals surface area contributed by atoms with Gasteiger partial charge < -0.3 is 0 Å². The van der Waals surface area contributed by atoms with Gasteiger partial charge in [0.15, 0.2) is 0 Å². The van der Waals surface area contributed by atoms with Crippen molar-refractivity contribution >= 4 is 0 Å². The van der Waals surface area contributed by atoms with E-state index in [4.69, 9.17) is 0 Å². The monoisotopic (exact) mass is 228 g/mol. The van der Waals surface area contributed by atoms with Crippen LogP contribution in [-0.4, -0.2) is 6.17 Å². The van der Waals surface area contributed by atoms with Crippen LogP contribution >= 0.6 is 0 Å². The van der Waals surface area contributed by atoms with E-state index in [-0.39, 0.29) is 0 Å². The summed E-state index contributed by atoms with van der Waals surface area (Å²) in [6, 6.07) is 0. The Kier molecular flexibility index (Phi) is 6.38. The van der Waals surface area contributed by atoms with Crippen LogP contribution in [0.2, 0.25) is 0 Å². The van der Waals surface area contributed by atoms with Gasteiger partial charge in [0.25, 0.3) is 0 Å². The molecule has 0 aliphatic heterocycles. The van der Waals surface area contributed by atoms with Gasteiger partial charge in [0.1, 0.15) is 6.17 Å². The van der Waals surface area contributed by atoms with Gasteiger partial charge in [-0.3, -0.25) is 0 Å². The lowest BCUT2D eigenvalue weighted by Crippen LogP contribution is -2.30. The first kappa shape index (κ1) is 14.0. The van der Waals surface area contributed by atoms with Crippen molar-refractivity contribution in [3.8, 4) is 0 Å². The molecule has 0 nitrogen and oxygen atoms in total. The second kappa shape index (κ2) is 7.29. The van der Waals surface area contributed by atoms with Crippen molar-refractivity contribution in [3.05, 3.63) is 0 Å². The summed E-state index contributed by atoms with van der Waals surface area (Å²) in [6.07, 6.45) is 9.22. The molecule has 0 aromatic rings. The summed E-state index contributed by atoms with van der Waals surface area (Å²) in [5, 5.41) is 0. The molecular formula is C15H29F. The molecule has 0 saturated heterocycles. The third kappa shape index (κ3) is 3.75. The number of alkyl halides is 1. The van der Waals surface area contributed by atoms with Crippen LogP contribution in [0.15, 0.2) is 0 Å². The van der Waals surface area contributed by atoms with Gasteiger partial charge in [-0.15, -0.1) is 0 Å². The van der Waals surface area contributed by atoms with Crippen LogP contribution < -0.4 is 0 Å². The van der Waals surface area contributed by atoms with Gasteiger partial charge >= 0.3 is 0 Å². The van der Waals surface area contributed by atoms with Gasteiger partial charge in [-0.25, -0.2) is 4.39 Å². The molecule has 0 amide bonds. The van der Waals surface area contributed by atoms with E-state index in [2.05, 4.69) is 6.92 Å². The first-order chi connectivity index (χ1) is 7.77. The van der Waals surface area contributed by atoms with Gasteiger partial charge in [0.05, 0.1) is 0 Å². The maximum absolute atomic E-state index is 13.7. The summed E-state index contributed by atoms with van der Waals surface area (Å²) in [7, 11) is 0. The van der Waals surface area contributed by atoms with E-state index in [1.165, 1.54) is 38.5 Å². The Hall–Kier alpha value is -0.0700. The Balaban J connectivity index is 0.000000606. The minimum absolute atomic E-state index is 0.427. The van der Waals surface area contributed by atoms with Crippen LogP contribution in [0, 0.1) is 17.8 Å². The van der Waals surface area contributed by atoms with E-state index in [1.807, 2.05) is 13.8 Å². The quantitative estimate of drug-likeness (QED) is 0.566. The van der Waals surface area contributed by atoms with E-state index < -0.39 is 6.17 Å². The highest BCUT2D eigenvalue weighted by molar-refractivity contribution is 4.83. The Morgan fingerprint density at radius 1 is 0.812 bits per heavy atom. The van der Waals surface area contributed by atoms with E-state index >= 15 is 0 Å². The average Bonchev–Trinajstić information content (AvgIpc) is 2.34. The molecule has 2 aliphatic rings.